The summed E-state index contributed by atoms with van der Waals surface area (Å²) in [5.74, 6) is 1.79. The molecule has 0 saturated heterocycles. The number of amides is 2. The second-order valence-corrected chi connectivity index (χ2v) is 5.71. The van der Waals surface area contributed by atoms with Crippen molar-refractivity contribution >= 4 is 6.03 Å². The van der Waals surface area contributed by atoms with E-state index in [0.717, 1.165) is 24.7 Å². The Morgan fingerprint density at radius 3 is 2.67 bits per heavy atom. The van der Waals surface area contributed by atoms with Gasteiger partial charge in [0.15, 0.2) is 0 Å². The Labute approximate surface area is 110 Å². The summed E-state index contributed by atoms with van der Waals surface area (Å²) in [5.41, 5.74) is 0. The minimum absolute atomic E-state index is 0.00648. The first-order valence-corrected chi connectivity index (χ1v) is 7.41. The summed E-state index contributed by atoms with van der Waals surface area (Å²) in [6.07, 6.45) is 7.68. The van der Waals surface area contributed by atoms with Crippen LogP contribution in [0.1, 0.15) is 45.4 Å². The number of nitrogens with one attached hydrogen (secondary N) is 1. The van der Waals surface area contributed by atoms with Gasteiger partial charge >= 0.3 is 6.03 Å². The van der Waals surface area contributed by atoms with E-state index < -0.39 is 0 Å². The third-order valence-electron chi connectivity index (χ3n) is 4.37. The van der Waals surface area contributed by atoms with Crippen LogP contribution in [-0.2, 0) is 0 Å². The Balaban J connectivity index is 1.78. The van der Waals surface area contributed by atoms with Crippen LogP contribution < -0.4 is 5.32 Å². The lowest BCUT2D eigenvalue weighted by Gasteiger charge is -2.31. The summed E-state index contributed by atoms with van der Waals surface area (Å²) in [7, 11) is 0. The Kier molecular flexibility index (Phi) is 4.87. The number of carbonyl (C=O) groups is 1. The molecule has 0 bridgehead atoms. The Hall–Kier alpha value is -0.770. The third-order valence-corrected chi connectivity index (χ3v) is 4.37. The largest absolute Gasteiger partial charge is 0.395 e. The fourth-order valence-electron chi connectivity index (χ4n) is 3.14. The Morgan fingerprint density at radius 1 is 1.28 bits per heavy atom. The van der Waals surface area contributed by atoms with Gasteiger partial charge in [0.1, 0.15) is 0 Å². The average molecular weight is 254 g/mol. The van der Waals surface area contributed by atoms with Crippen molar-refractivity contribution in [2.45, 2.75) is 51.5 Å². The van der Waals surface area contributed by atoms with Crippen molar-refractivity contribution in [1.29, 1.82) is 0 Å². The summed E-state index contributed by atoms with van der Waals surface area (Å²) in [6, 6.07) is 0.345. The van der Waals surface area contributed by atoms with Gasteiger partial charge in [0.25, 0.3) is 0 Å². The van der Waals surface area contributed by atoms with Crippen LogP contribution >= 0.6 is 0 Å². The molecule has 4 heteroatoms. The van der Waals surface area contributed by atoms with Crippen molar-refractivity contribution < 1.29 is 9.90 Å². The average Bonchev–Trinajstić information content (AvgIpc) is 3.20. The van der Waals surface area contributed by atoms with Gasteiger partial charge in [-0.25, -0.2) is 4.79 Å². The first-order valence-electron chi connectivity index (χ1n) is 7.41. The molecule has 0 aliphatic heterocycles. The van der Waals surface area contributed by atoms with Gasteiger partial charge in [-0.15, -0.1) is 0 Å². The number of hydrogen-bond donors (Lipinski definition) is 2. The number of carbonyl (C=O) groups excluding carboxylic acids is 1. The van der Waals surface area contributed by atoms with Gasteiger partial charge in [-0.2, -0.15) is 0 Å². The number of nitrogens with zero attached hydrogens (tertiary/aromatic N) is 1. The molecule has 0 aromatic heterocycles. The second kappa shape index (κ2) is 6.41. The highest BCUT2D eigenvalue weighted by Gasteiger charge is 2.35. The fourth-order valence-corrected chi connectivity index (χ4v) is 3.14. The normalized spacial score (nSPS) is 27.9. The van der Waals surface area contributed by atoms with Gasteiger partial charge in [0.2, 0.25) is 0 Å². The Bertz CT molecular complexity index is 279. The van der Waals surface area contributed by atoms with E-state index in [9.17, 15) is 4.79 Å². The Morgan fingerprint density at radius 2 is 2.06 bits per heavy atom. The van der Waals surface area contributed by atoms with Crippen molar-refractivity contribution in [3.8, 4) is 0 Å². The van der Waals surface area contributed by atoms with E-state index in [-0.39, 0.29) is 12.6 Å². The molecule has 0 aromatic rings. The minimum Gasteiger partial charge on any atom is -0.395 e. The predicted molar refractivity (Wildman–Crippen MR) is 71.3 cm³/mol. The standard InChI is InChI=1S/C14H26N2O2/c1-2-16(8-9-17)14(18)15-13-5-3-4-12(10-13)11-6-7-11/h11-13,17H,2-10H2,1H3,(H,15,18). The maximum atomic E-state index is 12.0. The van der Waals surface area contributed by atoms with E-state index in [1.54, 1.807) is 4.90 Å². The lowest BCUT2D eigenvalue weighted by atomic mass is 9.83. The fraction of sp³-hybridized carbons (Fsp3) is 0.929. The topological polar surface area (TPSA) is 52.6 Å². The lowest BCUT2D eigenvalue weighted by molar-refractivity contribution is 0.169. The molecule has 2 amide bonds. The zero-order valence-electron chi connectivity index (χ0n) is 11.4. The molecule has 18 heavy (non-hydrogen) atoms. The monoisotopic (exact) mass is 254 g/mol. The predicted octanol–water partition coefficient (Wildman–Crippen LogP) is 1.98. The van der Waals surface area contributed by atoms with Gasteiger partial charge in [0, 0.05) is 19.1 Å². The zero-order chi connectivity index (χ0) is 13.0. The quantitative estimate of drug-likeness (QED) is 0.788. The summed E-state index contributed by atoms with van der Waals surface area (Å²) >= 11 is 0. The SMILES string of the molecule is CCN(CCO)C(=O)NC1CCCC(C2CC2)C1. The number of aliphatic hydroxyl groups is 1. The van der Waals surface area contributed by atoms with Crippen LogP contribution in [-0.4, -0.2) is 41.8 Å². The van der Waals surface area contributed by atoms with Gasteiger partial charge in [-0.05, 0) is 44.4 Å². The highest BCUT2D eigenvalue weighted by Crippen LogP contribution is 2.43. The molecule has 2 fully saturated rings. The smallest absolute Gasteiger partial charge is 0.317 e. The molecule has 2 rings (SSSR count). The van der Waals surface area contributed by atoms with E-state index in [4.69, 9.17) is 5.11 Å². The zero-order valence-corrected chi connectivity index (χ0v) is 11.4. The number of likely N-dealkylation sites (N-methyl/N-ethyl adjacent to an activating group) is 1. The molecule has 2 unspecified atom stereocenters. The summed E-state index contributed by atoms with van der Waals surface area (Å²) in [6.45, 7) is 3.08. The number of hydrogen-bond acceptors (Lipinski definition) is 2. The van der Waals surface area contributed by atoms with Gasteiger partial charge in [-0.3, -0.25) is 0 Å². The van der Waals surface area contributed by atoms with Crippen LogP contribution in [0.25, 0.3) is 0 Å². The first kappa shape index (κ1) is 13.7. The molecular formula is C14H26N2O2. The van der Waals surface area contributed by atoms with Crippen LogP contribution in [0, 0.1) is 11.8 Å². The molecule has 2 saturated carbocycles. The summed E-state index contributed by atoms with van der Waals surface area (Å²) in [4.78, 5) is 13.7. The van der Waals surface area contributed by atoms with Crippen LogP contribution in [0.3, 0.4) is 0 Å². The molecule has 4 nitrogen and oxygen atoms in total. The van der Waals surface area contributed by atoms with E-state index in [2.05, 4.69) is 5.32 Å². The second-order valence-electron chi connectivity index (χ2n) is 5.71. The summed E-state index contributed by atoms with van der Waals surface area (Å²) in [5, 5.41) is 12.1. The summed E-state index contributed by atoms with van der Waals surface area (Å²) < 4.78 is 0. The molecule has 0 spiro atoms. The highest BCUT2D eigenvalue weighted by molar-refractivity contribution is 5.74. The van der Waals surface area contributed by atoms with Crippen molar-refractivity contribution in [3.63, 3.8) is 0 Å². The molecule has 2 aliphatic carbocycles. The molecular weight excluding hydrogens is 228 g/mol. The third kappa shape index (κ3) is 3.61. The minimum atomic E-state index is -0.00648. The van der Waals surface area contributed by atoms with Crippen LogP contribution in [0.15, 0.2) is 0 Å². The molecule has 2 atom stereocenters. The number of urea groups is 1. The molecule has 0 aromatic carbocycles. The van der Waals surface area contributed by atoms with Crippen LogP contribution in [0.4, 0.5) is 4.79 Å². The van der Waals surface area contributed by atoms with E-state index in [1.807, 2.05) is 6.92 Å². The van der Waals surface area contributed by atoms with E-state index in [1.165, 1.54) is 25.7 Å². The maximum absolute atomic E-state index is 12.0. The van der Waals surface area contributed by atoms with Crippen molar-refractivity contribution in [3.05, 3.63) is 0 Å². The van der Waals surface area contributed by atoms with Crippen LogP contribution in [0.2, 0.25) is 0 Å². The molecule has 0 radical (unpaired) electrons. The molecule has 104 valence electrons. The number of aliphatic hydroxyl groups excluding tert-OH is 1. The van der Waals surface area contributed by atoms with Crippen molar-refractivity contribution in [2.75, 3.05) is 19.7 Å². The van der Waals surface area contributed by atoms with Crippen molar-refractivity contribution in [1.82, 2.24) is 10.2 Å². The van der Waals surface area contributed by atoms with Crippen LogP contribution in [0.5, 0.6) is 0 Å². The van der Waals surface area contributed by atoms with E-state index in [0.29, 0.717) is 19.1 Å². The highest BCUT2D eigenvalue weighted by atomic mass is 16.3. The van der Waals surface area contributed by atoms with Gasteiger partial charge in [-0.1, -0.05) is 12.8 Å². The first-order chi connectivity index (χ1) is 8.74. The van der Waals surface area contributed by atoms with Crippen molar-refractivity contribution in [2.24, 2.45) is 11.8 Å². The maximum Gasteiger partial charge on any atom is 0.317 e. The molecule has 2 aliphatic rings. The molecule has 0 heterocycles. The van der Waals surface area contributed by atoms with E-state index >= 15 is 0 Å². The number of rotatable bonds is 5. The van der Waals surface area contributed by atoms with Gasteiger partial charge in [0.05, 0.1) is 6.61 Å². The molecule has 2 N–H and O–H groups in total. The van der Waals surface area contributed by atoms with Gasteiger partial charge < -0.3 is 15.3 Å². The lowest BCUT2D eigenvalue weighted by Crippen LogP contribution is -2.47.